The van der Waals surface area contributed by atoms with Gasteiger partial charge in [0.1, 0.15) is 23.0 Å². The standard InChI is InChI=1S/C30H28BrClN6O3/c1-15-7-18(19-11-33-17(3)34-12-19)8-20-21(16(2)39)13-37(27(15)20)14-26(40)38-23(9-30(4)10-24(30)38)29(41)36-28-22(32)5-6-25(31)35-28/h5-8,11-13,23-24H,9-10,14H2,1-4H3,(H,35,36,41)/t23-,24+,30-/m0/s1/i4D3. The van der Waals surface area contributed by atoms with Crippen LogP contribution in [0.5, 0.6) is 0 Å². The fraction of sp³-hybridized carbons (Fsp3) is 0.333. The molecule has 2 fully saturated rings. The molecule has 1 aliphatic heterocycles. The van der Waals surface area contributed by atoms with Crippen molar-refractivity contribution in [2.45, 2.75) is 59.1 Å². The highest BCUT2D eigenvalue weighted by molar-refractivity contribution is 9.10. The number of pyridine rings is 1. The second-order valence-corrected chi connectivity index (χ2v) is 12.0. The zero-order chi connectivity index (χ0) is 31.7. The van der Waals surface area contributed by atoms with E-state index in [1.54, 1.807) is 42.2 Å². The number of halogens is 2. The highest BCUT2D eigenvalue weighted by atomic mass is 79.9. The molecule has 4 heterocycles. The Morgan fingerprint density at radius 3 is 2.63 bits per heavy atom. The number of carbonyl (C=O) groups excluding carboxylic acids is 3. The average molecular weight is 639 g/mol. The normalized spacial score (nSPS) is 22.6. The first-order chi connectivity index (χ1) is 20.7. The Kier molecular flexibility index (Phi) is 5.87. The molecule has 0 bridgehead atoms. The Balaban J connectivity index is 1.35. The number of fused-ring (bicyclic) bond motifs is 2. The van der Waals surface area contributed by atoms with Crippen LogP contribution in [-0.4, -0.2) is 54.1 Å². The second-order valence-electron chi connectivity index (χ2n) is 10.8. The number of ketones is 1. The fourth-order valence-electron chi connectivity index (χ4n) is 5.80. The van der Waals surface area contributed by atoms with Gasteiger partial charge in [0.15, 0.2) is 11.6 Å². The molecule has 1 aromatic carbocycles. The number of benzene rings is 1. The van der Waals surface area contributed by atoms with Crippen molar-refractivity contribution in [3.63, 3.8) is 0 Å². The lowest BCUT2D eigenvalue weighted by Crippen LogP contribution is -2.46. The summed E-state index contributed by atoms with van der Waals surface area (Å²) in [5, 5.41) is 3.56. The van der Waals surface area contributed by atoms with Crippen molar-refractivity contribution in [3.05, 3.63) is 69.4 Å². The van der Waals surface area contributed by atoms with Gasteiger partial charge >= 0.3 is 0 Å². The van der Waals surface area contributed by atoms with Gasteiger partial charge in [0.25, 0.3) is 0 Å². The second kappa shape index (κ2) is 10.0. The Hall–Kier alpha value is -3.63. The lowest BCUT2D eigenvalue weighted by atomic mass is 10.0. The molecule has 41 heavy (non-hydrogen) atoms. The topological polar surface area (TPSA) is 110 Å². The van der Waals surface area contributed by atoms with E-state index in [9.17, 15) is 14.4 Å². The summed E-state index contributed by atoms with van der Waals surface area (Å²) in [6, 6.07) is 5.36. The Morgan fingerprint density at radius 1 is 1.17 bits per heavy atom. The van der Waals surface area contributed by atoms with Gasteiger partial charge in [-0.15, -0.1) is 0 Å². The van der Waals surface area contributed by atoms with E-state index in [2.05, 4.69) is 36.2 Å². The zero-order valence-electron chi connectivity index (χ0n) is 25.5. The van der Waals surface area contributed by atoms with Gasteiger partial charge < -0.3 is 14.8 Å². The number of anilines is 1. The van der Waals surface area contributed by atoms with E-state index < -0.39 is 36.2 Å². The number of nitrogens with zero attached hydrogens (tertiary/aromatic N) is 5. The van der Waals surface area contributed by atoms with Crippen LogP contribution in [0, 0.1) is 19.3 Å². The maximum Gasteiger partial charge on any atom is 0.248 e. The molecule has 210 valence electrons. The summed E-state index contributed by atoms with van der Waals surface area (Å²) in [4.78, 5) is 54.5. The molecule has 1 N–H and O–H groups in total. The van der Waals surface area contributed by atoms with Gasteiger partial charge in [-0.2, -0.15) is 0 Å². The number of hydrogen-bond acceptors (Lipinski definition) is 6. The van der Waals surface area contributed by atoms with E-state index >= 15 is 0 Å². The third-order valence-electron chi connectivity index (χ3n) is 7.87. The van der Waals surface area contributed by atoms with Gasteiger partial charge in [-0.3, -0.25) is 14.4 Å². The molecule has 11 heteroatoms. The van der Waals surface area contributed by atoms with Gasteiger partial charge in [-0.05, 0) is 90.4 Å². The summed E-state index contributed by atoms with van der Waals surface area (Å²) in [5.74, 6) is -0.406. The van der Waals surface area contributed by atoms with Crippen molar-refractivity contribution in [3.8, 4) is 11.1 Å². The number of piperidine rings is 1. The Bertz CT molecular complexity index is 1860. The maximum atomic E-state index is 14.1. The lowest BCUT2D eigenvalue weighted by molar-refractivity contribution is -0.138. The first kappa shape index (κ1) is 24.0. The van der Waals surface area contributed by atoms with E-state index in [0.717, 1.165) is 16.7 Å². The summed E-state index contributed by atoms with van der Waals surface area (Å²) >= 11 is 9.50. The first-order valence-electron chi connectivity index (χ1n) is 14.6. The van der Waals surface area contributed by atoms with E-state index in [4.69, 9.17) is 15.7 Å². The minimum Gasteiger partial charge on any atom is -0.337 e. The van der Waals surface area contributed by atoms with E-state index in [-0.39, 0.29) is 36.0 Å². The molecule has 1 saturated heterocycles. The maximum absolute atomic E-state index is 14.1. The molecule has 0 unspecified atom stereocenters. The van der Waals surface area contributed by atoms with Crippen LogP contribution >= 0.6 is 27.5 Å². The number of nitrogens with one attached hydrogen (secondary N) is 1. The average Bonchev–Trinajstić information content (AvgIpc) is 3.40. The molecule has 2 amide bonds. The summed E-state index contributed by atoms with van der Waals surface area (Å²) < 4.78 is 26.7. The predicted molar refractivity (Wildman–Crippen MR) is 160 cm³/mol. The molecule has 0 spiro atoms. The van der Waals surface area contributed by atoms with Crippen LogP contribution in [0.2, 0.25) is 5.02 Å². The minimum absolute atomic E-state index is 0.0104. The highest BCUT2D eigenvalue weighted by Gasteiger charge is 2.64. The monoisotopic (exact) mass is 637 g/mol. The lowest BCUT2D eigenvalue weighted by Gasteiger charge is -2.27. The number of aromatic nitrogens is 4. The summed E-state index contributed by atoms with van der Waals surface area (Å²) in [7, 11) is 0. The van der Waals surface area contributed by atoms with Crippen molar-refractivity contribution >= 4 is 61.8 Å². The molecular weight excluding hydrogens is 608 g/mol. The van der Waals surface area contributed by atoms with Crippen molar-refractivity contribution in [1.82, 2.24) is 24.4 Å². The van der Waals surface area contributed by atoms with Gasteiger partial charge in [-0.1, -0.05) is 18.5 Å². The quantitative estimate of drug-likeness (QED) is 0.213. The third-order valence-corrected chi connectivity index (χ3v) is 8.62. The minimum atomic E-state index is -2.36. The van der Waals surface area contributed by atoms with E-state index in [0.29, 0.717) is 26.9 Å². The molecule has 3 atom stereocenters. The van der Waals surface area contributed by atoms with Gasteiger partial charge in [0, 0.05) is 45.3 Å². The van der Waals surface area contributed by atoms with E-state index in [1.165, 1.54) is 11.8 Å². The molecule has 0 radical (unpaired) electrons. The van der Waals surface area contributed by atoms with Gasteiger partial charge in [0.2, 0.25) is 11.8 Å². The number of hydrogen-bond donors (Lipinski definition) is 1. The fourth-order valence-corrected chi connectivity index (χ4v) is 6.26. The predicted octanol–water partition coefficient (Wildman–Crippen LogP) is 5.75. The van der Waals surface area contributed by atoms with Crippen LogP contribution in [-0.2, 0) is 16.1 Å². The summed E-state index contributed by atoms with van der Waals surface area (Å²) in [5.41, 5.74) is 2.43. The molecule has 9 nitrogen and oxygen atoms in total. The smallest absolute Gasteiger partial charge is 0.248 e. The molecule has 6 rings (SSSR count). The number of likely N-dealkylation sites (tertiary alicyclic amines) is 1. The first-order valence-corrected chi connectivity index (χ1v) is 14.2. The number of rotatable bonds is 6. The van der Waals surface area contributed by atoms with Crippen molar-refractivity contribution < 1.29 is 18.5 Å². The number of carbonyl (C=O) groups is 3. The van der Waals surface area contributed by atoms with Crippen molar-refractivity contribution in [2.75, 3.05) is 5.32 Å². The van der Waals surface area contributed by atoms with Crippen LogP contribution in [0.25, 0.3) is 22.0 Å². The zero-order valence-corrected chi connectivity index (χ0v) is 24.9. The molecule has 4 aromatic rings. The van der Waals surface area contributed by atoms with Crippen LogP contribution in [0.1, 0.15) is 52.5 Å². The molecule has 2 aliphatic rings. The largest absolute Gasteiger partial charge is 0.337 e. The third kappa shape index (κ3) is 4.93. The summed E-state index contributed by atoms with van der Waals surface area (Å²) in [6.45, 7) is 2.62. The highest BCUT2D eigenvalue weighted by Crippen LogP contribution is 2.59. The van der Waals surface area contributed by atoms with Crippen LogP contribution in [0.15, 0.2) is 47.5 Å². The van der Waals surface area contributed by atoms with E-state index in [1.807, 2.05) is 19.1 Å². The number of Topliss-reactive ketones (excluding diaryl/α,β-unsaturated/α-hetero) is 1. The van der Waals surface area contributed by atoms with Crippen LogP contribution in [0.4, 0.5) is 5.82 Å². The SMILES string of the molecule is [2H]C([2H])([2H])[C@@]12C[C@@H](C(=O)Nc3nc(Br)ccc3Cl)N(C(=O)Cn3cc(C(C)=O)c4cc(-c5cnc(C)nc5)cc(C)c43)[C@@H]1C2. The molecule has 3 aromatic heterocycles. The van der Waals surface area contributed by atoms with Crippen LogP contribution < -0.4 is 5.32 Å². The molecule has 1 saturated carbocycles. The van der Waals surface area contributed by atoms with Crippen molar-refractivity contribution in [1.29, 1.82) is 0 Å². The molecule has 1 aliphatic carbocycles. The molecular formula is C30H28BrClN6O3. The van der Waals surface area contributed by atoms with Crippen LogP contribution in [0.3, 0.4) is 0 Å². The number of aryl methyl sites for hydroxylation is 2. The van der Waals surface area contributed by atoms with Gasteiger partial charge in [0.05, 0.1) is 10.5 Å². The Morgan fingerprint density at radius 2 is 1.93 bits per heavy atom. The van der Waals surface area contributed by atoms with Crippen molar-refractivity contribution in [2.24, 2.45) is 5.41 Å². The Labute approximate surface area is 254 Å². The number of amides is 2. The summed E-state index contributed by atoms with van der Waals surface area (Å²) in [6.07, 6.45) is 5.36. The van der Waals surface area contributed by atoms with Gasteiger partial charge in [-0.25, -0.2) is 15.0 Å².